The predicted molar refractivity (Wildman–Crippen MR) is 81.8 cm³/mol. The molecule has 0 spiro atoms. The number of ether oxygens (including phenoxy) is 1. The Kier molecular flexibility index (Phi) is 3.75. The standard InChI is InChI=1S/C18H21NO/c1-13(19)15-8-4-9-16(12-15)20-18-11-5-7-14-6-2-3-10-17(14)18/h2-4,6,8-10,12-13,18H,5,7,11,19H2,1H3. The van der Waals surface area contributed by atoms with E-state index in [1.54, 1.807) is 0 Å². The zero-order chi connectivity index (χ0) is 13.9. The molecule has 2 aromatic carbocycles. The molecular formula is C18H21NO. The summed E-state index contributed by atoms with van der Waals surface area (Å²) in [4.78, 5) is 0. The van der Waals surface area contributed by atoms with Crippen molar-refractivity contribution in [3.63, 3.8) is 0 Å². The van der Waals surface area contributed by atoms with Gasteiger partial charge in [0.25, 0.3) is 0 Å². The summed E-state index contributed by atoms with van der Waals surface area (Å²) < 4.78 is 6.22. The zero-order valence-corrected chi connectivity index (χ0v) is 11.9. The maximum Gasteiger partial charge on any atom is 0.124 e. The molecule has 20 heavy (non-hydrogen) atoms. The molecule has 2 heteroatoms. The van der Waals surface area contributed by atoms with Gasteiger partial charge >= 0.3 is 0 Å². The van der Waals surface area contributed by atoms with Crippen molar-refractivity contribution in [2.75, 3.05) is 0 Å². The maximum atomic E-state index is 6.22. The first kappa shape index (κ1) is 13.2. The van der Waals surface area contributed by atoms with Gasteiger partial charge in [0.1, 0.15) is 11.9 Å². The molecule has 104 valence electrons. The first-order valence-electron chi connectivity index (χ1n) is 7.34. The van der Waals surface area contributed by atoms with Crippen LogP contribution in [0, 0.1) is 0 Å². The lowest BCUT2D eigenvalue weighted by atomic mass is 9.89. The van der Waals surface area contributed by atoms with Crippen LogP contribution in [0.1, 0.15) is 48.6 Å². The van der Waals surface area contributed by atoms with Gasteiger partial charge < -0.3 is 10.5 Å². The summed E-state index contributed by atoms with van der Waals surface area (Å²) in [6.45, 7) is 2.00. The van der Waals surface area contributed by atoms with Gasteiger partial charge in [0.2, 0.25) is 0 Å². The second-order valence-electron chi connectivity index (χ2n) is 5.56. The van der Waals surface area contributed by atoms with Crippen LogP contribution in [0.2, 0.25) is 0 Å². The zero-order valence-electron chi connectivity index (χ0n) is 11.9. The predicted octanol–water partition coefficient (Wildman–Crippen LogP) is 4.16. The maximum absolute atomic E-state index is 6.22. The lowest BCUT2D eigenvalue weighted by molar-refractivity contribution is 0.183. The summed E-state index contributed by atoms with van der Waals surface area (Å²) in [5.41, 5.74) is 9.82. The fourth-order valence-electron chi connectivity index (χ4n) is 2.87. The van der Waals surface area contributed by atoms with E-state index in [1.807, 2.05) is 25.1 Å². The number of hydrogen-bond donors (Lipinski definition) is 1. The van der Waals surface area contributed by atoms with Crippen molar-refractivity contribution in [3.05, 3.63) is 65.2 Å². The quantitative estimate of drug-likeness (QED) is 0.906. The minimum absolute atomic E-state index is 0.0391. The number of fused-ring (bicyclic) bond motifs is 1. The van der Waals surface area contributed by atoms with Crippen LogP contribution >= 0.6 is 0 Å². The van der Waals surface area contributed by atoms with Gasteiger partial charge in [-0.05, 0) is 55.0 Å². The van der Waals surface area contributed by atoms with E-state index >= 15 is 0 Å². The van der Waals surface area contributed by atoms with Gasteiger partial charge in [-0.2, -0.15) is 0 Å². The third-order valence-corrected chi connectivity index (χ3v) is 3.98. The highest BCUT2D eigenvalue weighted by Crippen LogP contribution is 2.33. The van der Waals surface area contributed by atoms with Gasteiger partial charge in [-0.3, -0.25) is 0 Å². The second kappa shape index (κ2) is 5.68. The van der Waals surface area contributed by atoms with Gasteiger partial charge in [-0.25, -0.2) is 0 Å². The lowest BCUT2D eigenvalue weighted by Crippen LogP contribution is -2.15. The lowest BCUT2D eigenvalue weighted by Gasteiger charge is -2.26. The molecule has 1 aliphatic rings. The molecule has 2 aromatic rings. The summed E-state index contributed by atoms with van der Waals surface area (Å²) in [6, 6.07) is 16.8. The van der Waals surface area contributed by atoms with E-state index in [4.69, 9.17) is 10.5 Å². The van der Waals surface area contributed by atoms with Crippen LogP contribution in [0.25, 0.3) is 0 Å². The first-order chi connectivity index (χ1) is 9.74. The van der Waals surface area contributed by atoms with E-state index in [2.05, 4.69) is 30.3 Å². The summed E-state index contributed by atoms with van der Waals surface area (Å²) in [5.74, 6) is 0.918. The number of rotatable bonds is 3. The number of nitrogens with two attached hydrogens (primary N) is 1. The van der Waals surface area contributed by atoms with E-state index in [9.17, 15) is 0 Å². The third-order valence-electron chi connectivity index (χ3n) is 3.98. The molecule has 0 saturated heterocycles. The van der Waals surface area contributed by atoms with Crippen molar-refractivity contribution >= 4 is 0 Å². The van der Waals surface area contributed by atoms with Crippen molar-refractivity contribution in [1.29, 1.82) is 0 Å². The third kappa shape index (κ3) is 2.70. The van der Waals surface area contributed by atoms with Gasteiger partial charge in [-0.15, -0.1) is 0 Å². The van der Waals surface area contributed by atoms with E-state index in [0.29, 0.717) is 0 Å². The van der Waals surface area contributed by atoms with Gasteiger partial charge in [-0.1, -0.05) is 36.4 Å². The summed E-state index contributed by atoms with van der Waals surface area (Å²) in [5, 5.41) is 0. The Labute approximate surface area is 120 Å². The van der Waals surface area contributed by atoms with Crippen LogP contribution in [0.3, 0.4) is 0 Å². The molecule has 2 atom stereocenters. The Hall–Kier alpha value is -1.80. The molecule has 0 fully saturated rings. The first-order valence-corrected chi connectivity index (χ1v) is 7.34. The smallest absolute Gasteiger partial charge is 0.124 e. The molecule has 0 amide bonds. The topological polar surface area (TPSA) is 35.2 Å². The Morgan fingerprint density at radius 3 is 2.85 bits per heavy atom. The Bertz CT molecular complexity index is 591. The molecule has 1 aliphatic carbocycles. The highest BCUT2D eigenvalue weighted by atomic mass is 16.5. The Morgan fingerprint density at radius 1 is 1.15 bits per heavy atom. The Balaban J connectivity index is 1.84. The van der Waals surface area contributed by atoms with Crippen LogP contribution in [-0.4, -0.2) is 0 Å². The van der Waals surface area contributed by atoms with Crippen LogP contribution in [0.15, 0.2) is 48.5 Å². The van der Waals surface area contributed by atoms with E-state index in [1.165, 1.54) is 17.5 Å². The molecule has 0 bridgehead atoms. The second-order valence-corrected chi connectivity index (χ2v) is 5.56. The highest BCUT2D eigenvalue weighted by molar-refractivity contribution is 5.34. The Morgan fingerprint density at radius 2 is 2.00 bits per heavy atom. The molecular weight excluding hydrogens is 246 g/mol. The van der Waals surface area contributed by atoms with Crippen molar-refractivity contribution in [2.24, 2.45) is 5.73 Å². The highest BCUT2D eigenvalue weighted by Gasteiger charge is 2.21. The minimum atomic E-state index is 0.0391. The van der Waals surface area contributed by atoms with Crippen molar-refractivity contribution in [1.82, 2.24) is 0 Å². The van der Waals surface area contributed by atoms with Crippen molar-refractivity contribution in [2.45, 2.75) is 38.3 Å². The molecule has 0 heterocycles. The summed E-state index contributed by atoms with van der Waals surface area (Å²) in [6.07, 6.45) is 3.60. The van der Waals surface area contributed by atoms with Gasteiger partial charge in [0.05, 0.1) is 0 Å². The van der Waals surface area contributed by atoms with Crippen molar-refractivity contribution < 1.29 is 4.74 Å². The molecule has 0 aliphatic heterocycles. The monoisotopic (exact) mass is 267 g/mol. The van der Waals surface area contributed by atoms with Gasteiger partial charge in [0.15, 0.2) is 0 Å². The van der Waals surface area contributed by atoms with Gasteiger partial charge in [0, 0.05) is 6.04 Å². The molecule has 0 saturated carbocycles. The molecule has 0 radical (unpaired) electrons. The fourth-order valence-corrected chi connectivity index (χ4v) is 2.87. The average molecular weight is 267 g/mol. The van der Waals surface area contributed by atoms with Crippen LogP contribution in [0.4, 0.5) is 0 Å². The van der Waals surface area contributed by atoms with E-state index in [0.717, 1.165) is 24.2 Å². The summed E-state index contributed by atoms with van der Waals surface area (Å²) >= 11 is 0. The number of benzene rings is 2. The summed E-state index contributed by atoms with van der Waals surface area (Å²) in [7, 11) is 0. The normalized spacial score (nSPS) is 19.2. The largest absolute Gasteiger partial charge is 0.486 e. The van der Waals surface area contributed by atoms with E-state index < -0.39 is 0 Å². The molecule has 2 nitrogen and oxygen atoms in total. The molecule has 2 unspecified atom stereocenters. The molecule has 0 aromatic heterocycles. The SMILES string of the molecule is CC(N)c1cccc(OC2CCCc3ccccc32)c1. The van der Waals surface area contributed by atoms with Crippen molar-refractivity contribution in [3.8, 4) is 5.75 Å². The van der Waals surface area contributed by atoms with Crippen LogP contribution in [0.5, 0.6) is 5.75 Å². The molecule has 2 N–H and O–H groups in total. The minimum Gasteiger partial charge on any atom is -0.486 e. The molecule has 3 rings (SSSR count). The number of hydrogen-bond acceptors (Lipinski definition) is 2. The average Bonchev–Trinajstić information content (AvgIpc) is 2.48. The van der Waals surface area contributed by atoms with Crippen LogP contribution in [-0.2, 0) is 6.42 Å². The fraction of sp³-hybridized carbons (Fsp3) is 0.333. The van der Waals surface area contributed by atoms with Crippen LogP contribution < -0.4 is 10.5 Å². The van der Waals surface area contributed by atoms with E-state index in [-0.39, 0.29) is 12.1 Å². The number of aryl methyl sites for hydroxylation is 1.